The molecule has 0 aliphatic carbocycles. The fourth-order valence-electron chi connectivity index (χ4n) is 1.90. The molecule has 0 radical (unpaired) electrons. The highest BCUT2D eigenvalue weighted by molar-refractivity contribution is 7.92. The van der Waals surface area contributed by atoms with Crippen LogP contribution in [-0.4, -0.2) is 25.5 Å². The van der Waals surface area contributed by atoms with Gasteiger partial charge in [0.2, 0.25) is 10.0 Å². The minimum atomic E-state index is -3.71. The van der Waals surface area contributed by atoms with Crippen LogP contribution in [0.1, 0.15) is 10.4 Å². The molecule has 10 heteroatoms. The number of carbonyl (C=O) groups excluding carboxylic acids is 1. The van der Waals surface area contributed by atoms with E-state index >= 15 is 0 Å². The van der Waals surface area contributed by atoms with Gasteiger partial charge in [0.05, 0.1) is 16.9 Å². The van der Waals surface area contributed by atoms with Gasteiger partial charge in [0.15, 0.2) is 0 Å². The Morgan fingerprint density at radius 1 is 1.21 bits per heavy atom. The van der Waals surface area contributed by atoms with Crippen LogP contribution < -0.4 is 10.0 Å². The number of rotatable bonds is 5. The molecule has 1 amide bonds. The van der Waals surface area contributed by atoms with E-state index in [1.165, 1.54) is 30.3 Å². The van der Waals surface area contributed by atoms with Gasteiger partial charge >= 0.3 is 0 Å². The Bertz CT molecular complexity index is 914. The van der Waals surface area contributed by atoms with Crippen molar-refractivity contribution in [1.82, 2.24) is 0 Å². The molecule has 0 bridgehead atoms. The average molecular weight is 353 g/mol. The number of nitro groups is 1. The average Bonchev–Trinajstić information content (AvgIpc) is 2.49. The molecule has 0 unspecified atom stereocenters. The number of halogens is 1. The van der Waals surface area contributed by atoms with E-state index in [0.29, 0.717) is 0 Å². The smallest absolute Gasteiger partial charge is 0.282 e. The monoisotopic (exact) mass is 353 g/mol. The molecule has 0 saturated heterocycles. The normalized spacial score (nSPS) is 10.9. The lowest BCUT2D eigenvalue weighted by atomic mass is 10.1. The summed E-state index contributed by atoms with van der Waals surface area (Å²) in [6.07, 6.45) is 0.852. The fraction of sp³-hybridized carbons (Fsp3) is 0.0714. The minimum Gasteiger partial charge on any atom is -0.322 e. The Morgan fingerprint density at radius 2 is 1.88 bits per heavy atom. The molecule has 0 heterocycles. The predicted molar refractivity (Wildman–Crippen MR) is 85.9 cm³/mol. The largest absolute Gasteiger partial charge is 0.322 e. The van der Waals surface area contributed by atoms with Gasteiger partial charge in [-0.25, -0.2) is 12.8 Å². The summed E-state index contributed by atoms with van der Waals surface area (Å²) in [4.78, 5) is 22.4. The van der Waals surface area contributed by atoms with Crippen molar-refractivity contribution < 1.29 is 22.5 Å². The third-order valence-corrected chi connectivity index (χ3v) is 3.46. The molecule has 0 saturated carbocycles. The Labute approximate surface area is 136 Å². The zero-order chi connectivity index (χ0) is 17.9. The van der Waals surface area contributed by atoms with Crippen LogP contribution in [0, 0.1) is 15.9 Å². The molecule has 0 spiro atoms. The molecule has 126 valence electrons. The van der Waals surface area contributed by atoms with Gasteiger partial charge in [-0.15, -0.1) is 0 Å². The van der Waals surface area contributed by atoms with Crippen molar-refractivity contribution in [2.75, 3.05) is 16.3 Å². The topological polar surface area (TPSA) is 118 Å². The number of nitro benzene ring substituents is 1. The van der Waals surface area contributed by atoms with E-state index in [1.54, 1.807) is 0 Å². The molecule has 0 aliphatic heterocycles. The molecule has 2 N–H and O–H groups in total. The first-order valence-electron chi connectivity index (χ1n) is 6.49. The van der Waals surface area contributed by atoms with Crippen LogP contribution in [0.2, 0.25) is 0 Å². The first-order chi connectivity index (χ1) is 11.2. The highest BCUT2D eigenvalue weighted by Crippen LogP contribution is 2.23. The van der Waals surface area contributed by atoms with E-state index in [-0.39, 0.29) is 22.6 Å². The Morgan fingerprint density at radius 3 is 2.50 bits per heavy atom. The van der Waals surface area contributed by atoms with Gasteiger partial charge in [-0.3, -0.25) is 19.6 Å². The summed E-state index contributed by atoms with van der Waals surface area (Å²) in [5, 5.41) is 13.3. The second-order valence-electron chi connectivity index (χ2n) is 4.80. The molecule has 0 aliphatic rings. The molecule has 0 fully saturated rings. The lowest BCUT2D eigenvalue weighted by Gasteiger charge is -2.09. The third-order valence-electron chi connectivity index (χ3n) is 2.86. The first kappa shape index (κ1) is 17.3. The predicted octanol–water partition coefficient (Wildman–Crippen LogP) is 2.36. The van der Waals surface area contributed by atoms with Crippen LogP contribution >= 0.6 is 0 Å². The molecule has 0 aromatic heterocycles. The van der Waals surface area contributed by atoms with E-state index in [1.807, 2.05) is 4.72 Å². The van der Waals surface area contributed by atoms with E-state index in [9.17, 15) is 27.7 Å². The second-order valence-corrected chi connectivity index (χ2v) is 6.55. The van der Waals surface area contributed by atoms with E-state index in [0.717, 1.165) is 18.4 Å². The number of hydrogen-bond donors (Lipinski definition) is 2. The van der Waals surface area contributed by atoms with Crippen LogP contribution in [0.5, 0.6) is 0 Å². The van der Waals surface area contributed by atoms with Crippen molar-refractivity contribution in [1.29, 1.82) is 0 Å². The van der Waals surface area contributed by atoms with Crippen molar-refractivity contribution in [2.24, 2.45) is 0 Å². The van der Waals surface area contributed by atoms with Crippen LogP contribution in [0.15, 0.2) is 42.5 Å². The summed E-state index contributed by atoms with van der Waals surface area (Å²) >= 11 is 0. The summed E-state index contributed by atoms with van der Waals surface area (Å²) < 4.78 is 37.9. The van der Waals surface area contributed by atoms with Crippen molar-refractivity contribution in [3.05, 3.63) is 64.0 Å². The molecule has 8 nitrogen and oxygen atoms in total. The summed E-state index contributed by atoms with van der Waals surface area (Å²) in [6, 6.07) is 8.56. The lowest BCUT2D eigenvalue weighted by molar-refractivity contribution is -0.385. The molecule has 2 aromatic carbocycles. The Hall–Kier alpha value is -3.01. The number of anilines is 2. The van der Waals surface area contributed by atoms with Crippen LogP contribution in [0.25, 0.3) is 0 Å². The maximum Gasteiger partial charge on any atom is 0.282 e. The van der Waals surface area contributed by atoms with Gasteiger partial charge in [0.1, 0.15) is 11.4 Å². The summed E-state index contributed by atoms with van der Waals surface area (Å²) in [7, 11) is -3.71. The van der Waals surface area contributed by atoms with Crippen molar-refractivity contribution in [2.45, 2.75) is 0 Å². The maximum absolute atomic E-state index is 13.6. The molecule has 0 atom stereocenters. The Kier molecular flexibility index (Phi) is 4.79. The highest BCUT2D eigenvalue weighted by Gasteiger charge is 2.19. The van der Waals surface area contributed by atoms with Gasteiger partial charge in [-0.05, 0) is 24.3 Å². The van der Waals surface area contributed by atoms with Crippen molar-refractivity contribution >= 4 is 33.0 Å². The number of carbonyl (C=O) groups is 1. The van der Waals surface area contributed by atoms with E-state index in [2.05, 4.69) is 5.32 Å². The summed E-state index contributed by atoms with van der Waals surface area (Å²) in [5.41, 5.74) is -0.834. The minimum absolute atomic E-state index is 0.0747. The molecular weight excluding hydrogens is 341 g/mol. The number of nitrogens with zero attached hydrogens (tertiary/aromatic N) is 1. The number of sulfonamides is 1. The quantitative estimate of drug-likeness (QED) is 0.632. The van der Waals surface area contributed by atoms with Gasteiger partial charge in [-0.2, -0.15) is 0 Å². The van der Waals surface area contributed by atoms with Gasteiger partial charge < -0.3 is 5.32 Å². The zero-order valence-electron chi connectivity index (χ0n) is 12.3. The van der Waals surface area contributed by atoms with E-state index < -0.39 is 26.7 Å². The molecule has 2 rings (SSSR count). The molecular formula is C14H12FN3O5S. The van der Waals surface area contributed by atoms with E-state index in [4.69, 9.17) is 0 Å². The highest BCUT2D eigenvalue weighted by atomic mass is 32.2. The van der Waals surface area contributed by atoms with Crippen molar-refractivity contribution in [3.8, 4) is 0 Å². The molecule has 24 heavy (non-hydrogen) atoms. The second kappa shape index (κ2) is 6.62. The number of amides is 1. The maximum atomic E-state index is 13.6. The summed E-state index contributed by atoms with van der Waals surface area (Å²) in [6.45, 7) is 0. The van der Waals surface area contributed by atoms with Gasteiger partial charge in [-0.1, -0.05) is 12.1 Å². The third kappa shape index (κ3) is 4.26. The van der Waals surface area contributed by atoms with Crippen molar-refractivity contribution in [3.63, 3.8) is 0 Å². The SMILES string of the molecule is CS(=O)(=O)Nc1cc(NC(=O)c2ccccc2[N+](=O)[O-])ccc1F. The standard InChI is InChI=1S/C14H12FN3O5S/c1-24(22,23)17-12-8-9(6-7-11(12)15)16-14(19)10-4-2-3-5-13(10)18(20)21/h2-8,17H,1H3,(H,16,19). The first-order valence-corrected chi connectivity index (χ1v) is 8.38. The number of benzene rings is 2. The van der Waals surface area contributed by atoms with Crippen LogP contribution in [0.3, 0.4) is 0 Å². The fourth-order valence-corrected chi connectivity index (χ4v) is 2.46. The van der Waals surface area contributed by atoms with Crippen LogP contribution in [-0.2, 0) is 10.0 Å². The number of nitrogens with one attached hydrogen (secondary N) is 2. The summed E-state index contributed by atoms with van der Waals surface area (Å²) in [5.74, 6) is -1.61. The molecule has 2 aromatic rings. The van der Waals surface area contributed by atoms with Gasteiger partial charge in [0, 0.05) is 11.8 Å². The van der Waals surface area contributed by atoms with Gasteiger partial charge in [0.25, 0.3) is 11.6 Å². The number of para-hydroxylation sites is 1. The van der Waals surface area contributed by atoms with Crippen LogP contribution in [0.4, 0.5) is 21.5 Å². The Balaban J connectivity index is 2.30. The lowest BCUT2D eigenvalue weighted by Crippen LogP contribution is -2.15. The number of hydrogen-bond acceptors (Lipinski definition) is 5. The zero-order valence-corrected chi connectivity index (χ0v) is 13.1.